The quantitative estimate of drug-likeness (QED) is 0.761. The molecule has 20 heavy (non-hydrogen) atoms. The van der Waals surface area contributed by atoms with Gasteiger partial charge in [0.1, 0.15) is 12.4 Å². The molecule has 0 radical (unpaired) electrons. The minimum atomic E-state index is -0.478. The van der Waals surface area contributed by atoms with Crippen molar-refractivity contribution >= 4 is 11.6 Å². The number of likely N-dealkylation sites (N-methyl/N-ethyl adjacent to an activating group) is 1. The van der Waals surface area contributed by atoms with E-state index in [0.29, 0.717) is 24.8 Å². The Kier molecular flexibility index (Phi) is 7.92. The molecule has 0 unspecified atom stereocenters. The summed E-state index contributed by atoms with van der Waals surface area (Å²) in [6.07, 6.45) is -0.338. The van der Waals surface area contributed by atoms with Gasteiger partial charge < -0.3 is 19.5 Å². The Morgan fingerprint density at radius 3 is 2.75 bits per heavy atom. The average Bonchev–Trinajstić information content (AvgIpc) is 2.36. The van der Waals surface area contributed by atoms with Crippen LogP contribution in [-0.4, -0.2) is 55.6 Å². The Morgan fingerprint density at radius 2 is 2.10 bits per heavy atom. The van der Waals surface area contributed by atoms with Gasteiger partial charge in [-0.05, 0) is 39.1 Å². The van der Waals surface area contributed by atoms with Crippen LogP contribution in [0.2, 0.25) is 5.02 Å². The zero-order chi connectivity index (χ0) is 15.0. The first kappa shape index (κ1) is 17.2. The number of aliphatic hydroxyl groups is 1. The summed E-state index contributed by atoms with van der Waals surface area (Å²) in [6, 6.07) is 7.32. The summed E-state index contributed by atoms with van der Waals surface area (Å²) in [5, 5.41) is 10.5. The fourth-order valence-electron chi connectivity index (χ4n) is 1.68. The van der Waals surface area contributed by atoms with Crippen molar-refractivity contribution in [2.24, 2.45) is 0 Å². The minimum absolute atomic E-state index is 0.140. The number of hydrogen-bond acceptors (Lipinski definition) is 4. The van der Waals surface area contributed by atoms with E-state index in [1.807, 2.05) is 44.0 Å². The SMILES string of the molecule is CC(C)OC[C@H](O)CN(C)CCOc1cccc(Cl)c1. The summed E-state index contributed by atoms with van der Waals surface area (Å²) in [5.41, 5.74) is 0. The van der Waals surface area contributed by atoms with Gasteiger partial charge in [0.25, 0.3) is 0 Å². The number of ether oxygens (including phenoxy) is 2. The standard InChI is InChI=1S/C15H24ClNO3/c1-12(2)20-11-14(18)10-17(3)7-8-19-15-6-4-5-13(16)9-15/h4-6,9,12,14,18H,7-8,10-11H2,1-3H3/t14-/m1/s1. The predicted molar refractivity (Wildman–Crippen MR) is 81.5 cm³/mol. The average molecular weight is 302 g/mol. The highest BCUT2D eigenvalue weighted by molar-refractivity contribution is 6.30. The van der Waals surface area contributed by atoms with E-state index in [2.05, 4.69) is 0 Å². The summed E-state index contributed by atoms with van der Waals surface area (Å²) in [4.78, 5) is 2.01. The van der Waals surface area contributed by atoms with Crippen LogP contribution < -0.4 is 4.74 Å². The third-order valence-corrected chi connectivity index (χ3v) is 2.92. The first-order valence-corrected chi connectivity index (χ1v) is 7.21. The molecule has 0 saturated heterocycles. The fraction of sp³-hybridized carbons (Fsp3) is 0.600. The van der Waals surface area contributed by atoms with Crippen LogP contribution in [0.25, 0.3) is 0 Å². The van der Waals surface area contributed by atoms with Crippen molar-refractivity contribution in [1.82, 2.24) is 4.90 Å². The van der Waals surface area contributed by atoms with Gasteiger partial charge >= 0.3 is 0 Å². The maximum atomic E-state index is 9.80. The number of halogens is 1. The van der Waals surface area contributed by atoms with Crippen LogP contribution in [0.5, 0.6) is 5.75 Å². The molecule has 4 nitrogen and oxygen atoms in total. The second kappa shape index (κ2) is 9.19. The van der Waals surface area contributed by atoms with E-state index in [9.17, 15) is 5.11 Å². The molecule has 1 aromatic rings. The second-order valence-corrected chi connectivity index (χ2v) is 5.54. The molecule has 0 heterocycles. The normalized spacial score (nSPS) is 12.9. The lowest BCUT2D eigenvalue weighted by Gasteiger charge is -2.21. The Labute approximate surface area is 126 Å². The molecule has 0 fully saturated rings. The summed E-state index contributed by atoms with van der Waals surface area (Å²) < 4.78 is 11.0. The maximum Gasteiger partial charge on any atom is 0.120 e. The van der Waals surface area contributed by atoms with Crippen molar-refractivity contribution in [2.45, 2.75) is 26.1 Å². The van der Waals surface area contributed by atoms with E-state index in [4.69, 9.17) is 21.1 Å². The topological polar surface area (TPSA) is 41.9 Å². The lowest BCUT2D eigenvalue weighted by Crippen LogP contribution is -2.35. The van der Waals surface area contributed by atoms with Crippen molar-refractivity contribution < 1.29 is 14.6 Å². The summed E-state index contributed by atoms with van der Waals surface area (Å²) >= 11 is 5.88. The molecule has 0 spiro atoms. The second-order valence-electron chi connectivity index (χ2n) is 5.10. The fourth-order valence-corrected chi connectivity index (χ4v) is 1.86. The van der Waals surface area contributed by atoms with E-state index >= 15 is 0 Å². The molecule has 0 aliphatic carbocycles. The summed E-state index contributed by atoms with van der Waals surface area (Å²) in [6.45, 7) is 6.10. The third kappa shape index (κ3) is 7.70. The van der Waals surface area contributed by atoms with Crippen LogP contribution in [0, 0.1) is 0 Å². The Balaban J connectivity index is 2.18. The van der Waals surface area contributed by atoms with Crippen LogP contribution in [0.3, 0.4) is 0 Å². The Morgan fingerprint density at radius 1 is 1.35 bits per heavy atom. The van der Waals surface area contributed by atoms with Gasteiger partial charge in [0.2, 0.25) is 0 Å². The maximum absolute atomic E-state index is 9.80. The van der Waals surface area contributed by atoms with E-state index < -0.39 is 6.10 Å². The van der Waals surface area contributed by atoms with Gasteiger partial charge in [-0.3, -0.25) is 0 Å². The van der Waals surface area contributed by atoms with Crippen LogP contribution in [0.15, 0.2) is 24.3 Å². The molecular weight excluding hydrogens is 278 g/mol. The number of hydrogen-bond donors (Lipinski definition) is 1. The van der Waals surface area contributed by atoms with Crippen LogP contribution in [0.1, 0.15) is 13.8 Å². The molecule has 0 aliphatic heterocycles. The molecule has 1 rings (SSSR count). The smallest absolute Gasteiger partial charge is 0.120 e. The molecule has 0 bridgehead atoms. The number of nitrogens with zero attached hydrogens (tertiary/aromatic N) is 1. The Bertz CT molecular complexity index is 387. The van der Waals surface area contributed by atoms with E-state index in [1.54, 1.807) is 6.07 Å². The van der Waals surface area contributed by atoms with Crippen molar-refractivity contribution in [3.8, 4) is 5.75 Å². The zero-order valence-electron chi connectivity index (χ0n) is 12.4. The molecule has 1 N–H and O–H groups in total. The number of benzene rings is 1. The van der Waals surface area contributed by atoms with E-state index in [-0.39, 0.29) is 6.10 Å². The molecule has 1 aromatic carbocycles. The van der Waals surface area contributed by atoms with Crippen molar-refractivity contribution in [3.63, 3.8) is 0 Å². The van der Waals surface area contributed by atoms with Gasteiger partial charge in [-0.1, -0.05) is 17.7 Å². The highest BCUT2D eigenvalue weighted by Gasteiger charge is 2.09. The van der Waals surface area contributed by atoms with Gasteiger partial charge in [-0.25, -0.2) is 0 Å². The van der Waals surface area contributed by atoms with Gasteiger partial charge in [0.05, 0.1) is 18.8 Å². The molecule has 0 aliphatic rings. The Hall–Kier alpha value is -0.810. The van der Waals surface area contributed by atoms with Crippen molar-refractivity contribution in [3.05, 3.63) is 29.3 Å². The molecule has 1 atom stereocenters. The van der Waals surface area contributed by atoms with Crippen molar-refractivity contribution in [1.29, 1.82) is 0 Å². The number of rotatable bonds is 9. The van der Waals surface area contributed by atoms with Crippen LogP contribution in [0.4, 0.5) is 0 Å². The first-order valence-electron chi connectivity index (χ1n) is 6.84. The monoisotopic (exact) mass is 301 g/mol. The molecule has 0 saturated carbocycles. The van der Waals surface area contributed by atoms with Crippen molar-refractivity contribution in [2.75, 3.05) is 33.4 Å². The lowest BCUT2D eigenvalue weighted by molar-refractivity contribution is -0.00649. The highest BCUT2D eigenvalue weighted by Crippen LogP contribution is 2.16. The minimum Gasteiger partial charge on any atom is -0.492 e. The zero-order valence-corrected chi connectivity index (χ0v) is 13.1. The predicted octanol–water partition coefficient (Wildman–Crippen LogP) is 2.44. The summed E-state index contributed by atoms with van der Waals surface area (Å²) in [7, 11) is 1.94. The molecule has 114 valence electrons. The van der Waals surface area contributed by atoms with Gasteiger partial charge in [0, 0.05) is 18.1 Å². The largest absolute Gasteiger partial charge is 0.492 e. The van der Waals surface area contributed by atoms with Gasteiger partial charge in [-0.2, -0.15) is 0 Å². The third-order valence-electron chi connectivity index (χ3n) is 2.68. The summed E-state index contributed by atoms with van der Waals surface area (Å²) in [5.74, 6) is 0.759. The van der Waals surface area contributed by atoms with Crippen LogP contribution >= 0.6 is 11.6 Å². The van der Waals surface area contributed by atoms with Crippen LogP contribution in [-0.2, 0) is 4.74 Å². The van der Waals surface area contributed by atoms with Gasteiger partial charge in [0.15, 0.2) is 0 Å². The molecule has 5 heteroatoms. The van der Waals surface area contributed by atoms with E-state index in [1.165, 1.54) is 0 Å². The number of aliphatic hydroxyl groups excluding tert-OH is 1. The lowest BCUT2D eigenvalue weighted by atomic mass is 10.3. The molecular formula is C15H24ClNO3. The highest BCUT2D eigenvalue weighted by atomic mass is 35.5. The molecule has 0 aromatic heterocycles. The van der Waals surface area contributed by atoms with Gasteiger partial charge in [-0.15, -0.1) is 0 Å². The first-order chi connectivity index (χ1) is 9.47. The molecule has 0 amide bonds. The van der Waals surface area contributed by atoms with E-state index in [0.717, 1.165) is 12.3 Å².